The number of carbonyl (C=O) groups excluding carboxylic acids is 1. The molecule has 1 aromatic heterocycles. The first-order valence-corrected chi connectivity index (χ1v) is 4.04. The van der Waals surface area contributed by atoms with Crippen LogP contribution in [0.5, 0.6) is 0 Å². The average Bonchev–Trinajstić information content (AvgIpc) is 2.61. The number of carbonyl (C=O) groups is 1. The van der Waals surface area contributed by atoms with Gasteiger partial charge in [0.25, 0.3) is 0 Å². The van der Waals surface area contributed by atoms with Crippen molar-refractivity contribution in [2.45, 2.75) is 13.5 Å². The van der Waals surface area contributed by atoms with Gasteiger partial charge < -0.3 is 9.30 Å². The van der Waals surface area contributed by atoms with Crippen molar-refractivity contribution in [3.63, 3.8) is 0 Å². The van der Waals surface area contributed by atoms with Crippen molar-refractivity contribution < 1.29 is 9.53 Å². The van der Waals surface area contributed by atoms with Crippen LogP contribution in [-0.2, 0) is 16.1 Å². The number of aromatic nitrogens is 2. The van der Waals surface area contributed by atoms with Crippen LogP contribution in [0.25, 0.3) is 6.08 Å². The molecule has 0 aliphatic carbocycles. The number of rotatable bonds is 3. The number of imidazole rings is 1. The van der Waals surface area contributed by atoms with Crippen molar-refractivity contribution in [3.05, 3.63) is 24.3 Å². The largest absolute Gasteiger partial charge is 0.466 e. The Kier molecular flexibility index (Phi) is 3.25. The molecule has 13 heavy (non-hydrogen) atoms. The zero-order chi connectivity index (χ0) is 9.68. The van der Waals surface area contributed by atoms with Gasteiger partial charge in [0.2, 0.25) is 0 Å². The highest BCUT2D eigenvalue weighted by molar-refractivity contribution is 5.86. The Bertz CT molecular complexity index is 315. The second-order valence-corrected chi connectivity index (χ2v) is 2.49. The molecule has 0 radical (unpaired) electrons. The van der Waals surface area contributed by atoms with Gasteiger partial charge in [-0.1, -0.05) is 0 Å². The molecule has 0 aliphatic heterocycles. The van der Waals surface area contributed by atoms with Crippen molar-refractivity contribution in [2.75, 3.05) is 7.11 Å². The molecule has 1 rings (SSSR count). The molecule has 0 N–H and O–H groups in total. The minimum Gasteiger partial charge on any atom is -0.466 e. The van der Waals surface area contributed by atoms with Crippen LogP contribution in [0.3, 0.4) is 0 Å². The highest BCUT2D eigenvalue weighted by Gasteiger charge is 1.94. The second kappa shape index (κ2) is 4.45. The summed E-state index contributed by atoms with van der Waals surface area (Å²) in [6, 6.07) is 0. The zero-order valence-electron chi connectivity index (χ0n) is 7.73. The van der Waals surface area contributed by atoms with E-state index in [-0.39, 0.29) is 5.97 Å². The van der Waals surface area contributed by atoms with Gasteiger partial charge in [0.05, 0.1) is 19.1 Å². The minimum atomic E-state index is -0.369. The van der Waals surface area contributed by atoms with Gasteiger partial charge in [0.1, 0.15) is 0 Å². The van der Waals surface area contributed by atoms with Crippen molar-refractivity contribution in [2.24, 2.45) is 0 Å². The van der Waals surface area contributed by atoms with E-state index in [1.54, 1.807) is 12.4 Å². The third-order valence-electron chi connectivity index (χ3n) is 1.61. The molecule has 0 unspecified atom stereocenters. The molecule has 4 nitrogen and oxygen atoms in total. The molecule has 1 aromatic rings. The van der Waals surface area contributed by atoms with Gasteiger partial charge in [-0.2, -0.15) is 0 Å². The highest BCUT2D eigenvalue weighted by Crippen LogP contribution is 1.98. The minimum absolute atomic E-state index is 0.369. The summed E-state index contributed by atoms with van der Waals surface area (Å²) in [7, 11) is 1.34. The topological polar surface area (TPSA) is 44.1 Å². The van der Waals surface area contributed by atoms with Crippen LogP contribution in [0.2, 0.25) is 0 Å². The lowest BCUT2D eigenvalue weighted by molar-refractivity contribution is -0.134. The van der Waals surface area contributed by atoms with Gasteiger partial charge >= 0.3 is 5.97 Å². The van der Waals surface area contributed by atoms with Crippen LogP contribution in [0.1, 0.15) is 12.6 Å². The molecule has 0 atom stereocenters. The average molecular weight is 180 g/mol. The number of methoxy groups -OCH3 is 1. The molecule has 1 heterocycles. The van der Waals surface area contributed by atoms with Crippen LogP contribution in [0, 0.1) is 0 Å². The third kappa shape index (κ3) is 2.74. The molecule has 0 fully saturated rings. The molecule has 0 spiro atoms. The lowest BCUT2D eigenvalue weighted by Crippen LogP contribution is -1.93. The van der Waals surface area contributed by atoms with E-state index in [1.807, 2.05) is 17.7 Å². The fourth-order valence-electron chi connectivity index (χ4n) is 0.858. The molecule has 70 valence electrons. The van der Waals surface area contributed by atoms with Crippen LogP contribution < -0.4 is 0 Å². The van der Waals surface area contributed by atoms with E-state index in [0.717, 1.165) is 12.2 Å². The van der Waals surface area contributed by atoms with Crippen molar-refractivity contribution >= 4 is 12.0 Å². The summed E-state index contributed by atoms with van der Waals surface area (Å²) in [4.78, 5) is 14.8. The summed E-state index contributed by atoms with van der Waals surface area (Å²) in [5.41, 5.74) is 0.757. The van der Waals surface area contributed by atoms with E-state index < -0.39 is 0 Å². The van der Waals surface area contributed by atoms with Gasteiger partial charge in [0, 0.05) is 18.8 Å². The van der Waals surface area contributed by atoms with E-state index in [9.17, 15) is 4.79 Å². The fraction of sp³-hybridized carbons (Fsp3) is 0.333. The Morgan fingerprint density at radius 3 is 3.08 bits per heavy atom. The first-order chi connectivity index (χ1) is 6.26. The first-order valence-electron chi connectivity index (χ1n) is 4.04. The Labute approximate surface area is 76.8 Å². The van der Waals surface area contributed by atoms with Crippen molar-refractivity contribution in [1.29, 1.82) is 0 Å². The smallest absolute Gasteiger partial charge is 0.330 e. The Morgan fingerprint density at radius 2 is 2.54 bits per heavy atom. The Hall–Kier alpha value is -1.58. The summed E-state index contributed by atoms with van der Waals surface area (Å²) in [5, 5.41) is 0. The molecule has 0 amide bonds. The molecule has 4 heteroatoms. The lowest BCUT2D eigenvalue weighted by atomic mass is 10.4. The lowest BCUT2D eigenvalue weighted by Gasteiger charge is -1.90. The van der Waals surface area contributed by atoms with E-state index in [4.69, 9.17) is 0 Å². The standard InChI is InChI=1S/C9H12N2O2/c1-3-11-6-8(10-7-11)4-5-9(12)13-2/h4-7H,3H2,1-2H3. The van der Waals surface area contributed by atoms with Gasteiger partial charge in [-0.25, -0.2) is 9.78 Å². The first kappa shape index (κ1) is 9.51. The zero-order valence-corrected chi connectivity index (χ0v) is 7.73. The van der Waals surface area contributed by atoms with Gasteiger partial charge in [-0.15, -0.1) is 0 Å². The van der Waals surface area contributed by atoms with Gasteiger partial charge in [0.15, 0.2) is 0 Å². The number of aryl methyl sites for hydroxylation is 1. The van der Waals surface area contributed by atoms with E-state index in [1.165, 1.54) is 13.2 Å². The summed E-state index contributed by atoms with van der Waals surface area (Å²) in [6.07, 6.45) is 6.55. The summed E-state index contributed by atoms with van der Waals surface area (Å²) in [6.45, 7) is 2.90. The van der Waals surface area contributed by atoms with Crippen LogP contribution >= 0.6 is 0 Å². The number of hydrogen-bond acceptors (Lipinski definition) is 3. The molecule has 0 saturated heterocycles. The Balaban J connectivity index is 2.63. The maximum absolute atomic E-state index is 10.7. The quantitative estimate of drug-likeness (QED) is 0.516. The molecule has 0 aromatic carbocycles. The predicted octanol–water partition coefficient (Wildman–Crippen LogP) is 1.09. The van der Waals surface area contributed by atoms with Gasteiger partial charge in [-0.05, 0) is 13.0 Å². The van der Waals surface area contributed by atoms with E-state index >= 15 is 0 Å². The normalized spacial score (nSPS) is 10.6. The second-order valence-electron chi connectivity index (χ2n) is 2.49. The molecule has 0 bridgehead atoms. The molecule has 0 aliphatic rings. The predicted molar refractivity (Wildman–Crippen MR) is 49.0 cm³/mol. The molecule has 0 saturated carbocycles. The number of esters is 1. The summed E-state index contributed by atoms with van der Waals surface area (Å²) < 4.78 is 6.37. The van der Waals surface area contributed by atoms with Gasteiger partial charge in [-0.3, -0.25) is 0 Å². The van der Waals surface area contributed by atoms with Crippen LogP contribution in [0.15, 0.2) is 18.6 Å². The van der Waals surface area contributed by atoms with E-state index in [0.29, 0.717) is 0 Å². The van der Waals surface area contributed by atoms with E-state index in [2.05, 4.69) is 9.72 Å². The Morgan fingerprint density at radius 1 is 1.77 bits per heavy atom. The number of nitrogens with zero attached hydrogens (tertiary/aromatic N) is 2. The van der Waals surface area contributed by atoms with Crippen LogP contribution in [0.4, 0.5) is 0 Å². The summed E-state index contributed by atoms with van der Waals surface area (Å²) >= 11 is 0. The van der Waals surface area contributed by atoms with Crippen LogP contribution in [-0.4, -0.2) is 22.6 Å². The molecular formula is C9H12N2O2. The maximum Gasteiger partial charge on any atom is 0.330 e. The third-order valence-corrected chi connectivity index (χ3v) is 1.61. The monoisotopic (exact) mass is 180 g/mol. The highest BCUT2D eigenvalue weighted by atomic mass is 16.5. The number of ether oxygens (including phenoxy) is 1. The fourth-order valence-corrected chi connectivity index (χ4v) is 0.858. The molecular weight excluding hydrogens is 168 g/mol. The van der Waals surface area contributed by atoms with Crippen molar-refractivity contribution in [3.8, 4) is 0 Å². The maximum atomic E-state index is 10.7. The van der Waals surface area contributed by atoms with Crippen molar-refractivity contribution in [1.82, 2.24) is 9.55 Å². The SMILES string of the molecule is CCn1cnc(C=CC(=O)OC)c1. The number of hydrogen-bond donors (Lipinski definition) is 0. The summed E-state index contributed by atoms with van der Waals surface area (Å²) in [5.74, 6) is -0.369.